The van der Waals surface area contributed by atoms with E-state index < -0.39 is 12.0 Å². The van der Waals surface area contributed by atoms with E-state index in [1.54, 1.807) is 0 Å². The van der Waals surface area contributed by atoms with Crippen LogP contribution in [0.3, 0.4) is 0 Å². The summed E-state index contributed by atoms with van der Waals surface area (Å²) in [5, 5.41) is 5.14. The van der Waals surface area contributed by atoms with Gasteiger partial charge in [-0.05, 0) is 33.5 Å². The molecule has 28 heavy (non-hydrogen) atoms. The number of nitrogens with two attached hydrogens (primary N) is 1. The summed E-state index contributed by atoms with van der Waals surface area (Å²) in [6, 6.07) is 21.9. The minimum Gasteiger partial charge on any atom is -0.469 e. The predicted molar refractivity (Wildman–Crippen MR) is 113 cm³/mol. The number of rotatable bonds is 6. The molecular formula is C22H23ClN2O3. The largest absolute Gasteiger partial charge is 0.469 e. The van der Waals surface area contributed by atoms with E-state index in [1.807, 2.05) is 36.4 Å². The first-order valence-corrected chi connectivity index (χ1v) is 8.76. The minimum absolute atomic E-state index is 0. The summed E-state index contributed by atoms with van der Waals surface area (Å²) in [5.74, 6) is -0.710. The Balaban J connectivity index is 0.00000280. The van der Waals surface area contributed by atoms with Gasteiger partial charge in [0.1, 0.15) is 0 Å². The second-order valence-corrected chi connectivity index (χ2v) is 6.29. The van der Waals surface area contributed by atoms with Crippen molar-refractivity contribution >= 4 is 35.1 Å². The number of fused-ring (bicyclic) bond motifs is 1. The average Bonchev–Trinajstić information content (AvgIpc) is 2.72. The van der Waals surface area contributed by atoms with Gasteiger partial charge in [0, 0.05) is 0 Å². The first kappa shape index (κ1) is 21.4. The topological polar surface area (TPSA) is 81.4 Å². The Morgan fingerprint density at radius 2 is 1.61 bits per heavy atom. The van der Waals surface area contributed by atoms with Crippen molar-refractivity contribution in [2.45, 2.75) is 12.5 Å². The Morgan fingerprint density at radius 3 is 2.25 bits per heavy atom. The lowest BCUT2D eigenvalue weighted by Gasteiger charge is -2.18. The van der Waals surface area contributed by atoms with Crippen LogP contribution in [0.25, 0.3) is 21.9 Å². The van der Waals surface area contributed by atoms with E-state index in [0.29, 0.717) is 0 Å². The molecule has 6 heteroatoms. The Labute approximate surface area is 170 Å². The van der Waals surface area contributed by atoms with Crippen molar-refractivity contribution in [3.05, 3.63) is 72.3 Å². The SMILES string of the molecule is COC(=O)CC(NC(=O)CN)c1ccc(-c2ccc3ccccc3c2)cc1.Cl. The molecule has 1 atom stereocenters. The van der Waals surface area contributed by atoms with Gasteiger partial charge < -0.3 is 15.8 Å². The summed E-state index contributed by atoms with van der Waals surface area (Å²) in [6.07, 6.45) is 0.0531. The van der Waals surface area contributed by atoms with Crippen molar-refractivity contribution < 1.29 is 14.3 Å². The molecule has 0 saturated carbocycles. The maximum Gasteiger partial charge on any atom is 0.307 e. The van der Waals surface area contributed by atoms with Gasteiger partial charge in [0.05, 0.1) is 26.1 Å². The van der Waals surface area contributed by atoms with Crippen LogP contribution < -0.4 is 11.1 Å². The number of esters is 1. The van der Waals surface area contributed by atoms with Crippen LogP contribution in [-0.4, -0.2) is 25.5 Å². The van der Waals surface area contributed by atoms with Gasteiger partial charge in [-0.2, -0.15) is 0 Å². The molecule has 0 radical (unpaired) electrons. The normalized spacial score (nSPS) is 11.4. The number of hydrogen-bond acceptors (Lipinski definition) is 4. The molecule has 0 aliphatic carbocycles. The third-order valence-corrected chi connectivity index (χ3v) is 4.51. The van der Waals surface area contributed by atoms with Crippen molar-refractivity contribution in [2.24, 2.45) is 5.73 Å². The van der Waals surface area contributed by atoms with Crippen LogP contribution in [0.5, 0.6) is 0 Å². The number of halogens is 1. The van der Waals surface area contributed by atoms with Crippen molar-refractivity contribution in [3.8, 4) is 11.1 Å². The number of ether oxygens (including phenoxy) is 1. The maximum atomic E-state index is 11.7. The predicted octanol–water partition coefficient (Wildman–Crippen LogP) is 3.61. The number of nitrogens with one attached hydrogen (secondary N) is 1. The minimum atomic E-state index is -0.473. The summed E-state index contributed by atoms with van der Waals surface area (Å²) >= 11 is 0. The van der Waals surface area contributed by atoms with Crippen molar-refractivity contribution in [3.63, 3.8) is 0 Å². The van der Waals surface area contributed by atoms with E-state index >= 15 is 0 Å². The van der Waals surface area contributed by atoms with Crippen LogP contribution in [0.2, 0.25) is 0 Å². The monoisotopic (exact) mass is 398 g/mol. The zero-order valence-corrected chi connectivity index (χ0v) is 16.4. The summed E-state index contributed by atoms with van der Waals surface area (Å²) in [7, 11) is 1.33. The molecule has 0 aromatic heterocycles. The molecule has 0 saturated heterocycles. The van der Waals surface area contributed by atoms with Gasteiger partial charge in [0.15, 0.2) is 0 Å². The lowest BCUT2D eigenvalue weighted by Crippen LogP contribution is -2.35. The molecule has 0 spiro atoms. The van der Waals surface area contributed by atoms with Crippen LogP contribution in [-0.2, 0) is 14.3 Å². The fourth-order valence-corrected chi connectivity index (χ4v) is 3.03. The second kappa shape index (κ2) is 9.88. The van der Waals surface area contributed by atoms with Crippen LogP contribution in [0.1, 0.15) is 18.0 Å². The molecule has 0 heterocycles. The van der Waals surface area contributed by atoms with Crippen LogP contribution in [0, 0.1) is 0 Å². The Hall–Kier alpha value is -2.89. The quantitative estimate of drug-likeness (QED) is 0.621. The molecule has 5 nitrogen and oxygen atoms in total. The highest BCUT2D eigenvalue weighted by Crippen LogP contribution is 2.26. The molecule has 3 rings (SSSR count). The lowest BCUT2D eigenvalue weighted by molar-refractivity contribution is -0.141. The van der Waals surface area contributed by atoms with Crippen molar-refractivity contribution in [1.82, 2.24) is 5.32 Å². The van der Waals surface area contributed by atoms with Gasteiger partial charge in [-0.15, -0.1) is 12.4 Å². The Kier molecular flexibility index (Phi) is 7.55. The number of carbonyl (C=O) groups is 2. The van der Waals surface area contributed by atoms with Gasteiger partial charge in [-0.3, -0.25) is 9.59 Å². The molecule has 0 bridgehead atoms. The summed E-state index contributed by atoms with van der Waals surface area (Å²) in [6.45, 7) is -0.132. The molecule has 0 aliphatic rings. The molecule has 0 aliphatic heterocycles. The summed E-state index contributed by atoms with van der Waals surface area (Å²) < 4.78 is 4.73. The molecule has 3 aromatic carbocycles. The van der Waals surface area contributed by atoms with Crippen LogP contribution in [0.15, 0.2) is 66.7 Å². The smallest absolute Gasteiger partial charge is 0.307 e. The first-order chi connectivity index (χ1) is 13.1. The summed E-state index contributed by atoms with van der Waals surface area (Å²) in [5.41, 5.74) is 8.37. The number of hydrogen-bond donors (Lipinski definition) is 2. The van der Waals surface area contributed by atoms with Gasteiger partial charge in [-0.1, -0.05) is 60.7 Å². The Bertz CT molecular complexity index is 939. The standard InChI is InChI=1S/C22H22N2O3.ClH/c1-27-22(26)13-20(24-21(25)14-23)17-9-6-16(7-10-17)19-11-8-15-4-2-3-5-18(15)12-19;/h2-12,20H,13-14,23H2,1H3,(H,24,25);1H. The second-order valence-electron chi connectivity index (χ2n) is 6.29. The number of amides is 1. The van der Waals surface area contributed by atoms with E-state index in [9.17, 15) is 9.59 Å². The molecular weight excluding hydrogens is 376 g/mol. The molecule has 0 fully saturated rings. The highest BCUT2D eigenvalue weighted by Gasteiger charge is 2.18. The molecule has 1 unspecified atom stereocenters. The van der Waals surface area contributed by atoms with E-state index in [1.165, 1.54) is 17.9 Å². The maximum absolute atomic E-state index is 11.7. The van der Waals surface area contributed by atoms with E-state index in [-0.39, 0.29) is 31.3 Å². The van der Waals surface area contributed by atoms with Crippen molar-refractivity contribution in [2.75, 3.05) is 13.7 Å². The molecule has 146 valence electrons. The highest BCUT2D eigenvalue weighted by molar-refractivity contribution is 5.87. The van der Waals surface area contributed by atoms with Crippen molar-refractivity contribution in [1.29, 1.82) is 0 Å². The zero-order valence-electron chi connectivity index (χ0n) is 15.6. The number of methoxy groups -OCH3 is 1. The fourth-order valence-electron chi connectivity index (χ4n) is 3.03. The molecule has 3 aromatic rings. The van der Waals surface area contributed by atoms with E-state index in [2.05, 4.69) is 35.6 Å². The zero-order chi connectivity index (χ0) is 19.2. The number of benzene rings is 3. The van der Waals surface area contributed by atoms with E-state index in [4.69, 9.17) is 10.5 Å². The highest BCUT2D eigenvalue weighted by atomic mass is 35.5. The van der Waals surface area contributed by atoms with Gasteiger partial charge in [0.25, 0.3) is 0 Å². The van der Waals surface area contributed by atoms with Gasteiger partial charge in [-0.25, -0.2) is 0 Å². The van der Waals surface area contributed by atoms with Gasteiger partial charge in [0.2, 0.25) is 5.91 Å². The van der Waals surface area contributed by atoms with E-state index in [0.717, 1.165) is 16.7 Å². The number of carbonyl (C=O) groups excluding carboxylic acids is 2. The first-order valence-electron chi connectivity index (χ1n) is 8.76. The summed E-state index contributed by atoms with van der Waals surface area (Å²) in [4.78, 5) is 23.4. The average molecular weight is 399 g/mol. The third kappa shape index (κ3) is 5.09. The third-order valence-electron chi connectivity index (χ3n) is 4.51. The fraction of sp³-hybridized carbons (Fsp3) is 0.182. The lowest BCUT2D eigenvalue weighted by atomic mass is 9.97. The van der Waals surface area contributed by atoms with Crippen LogP contribution in [0.4, 0.5) is 0 Å². The molecule has 1 amide bonds. The van der Waals surface area contributed by atoms with Crippen LogP contribution >= 0.6 is 12.4 Å². The molecule has 3 N–H and O–H groups in total. The van der Waals surface area contributed by atoms with Gasteiger partial charge >= 0.3 is 5.97 Å². The Morgan fingerprint density at radius 1 is 0.964 bits per heavy atom.